The Balaban J connectivity index is 0.000000762. The lowest BCUT2D eigenvalue weighted by molar-refractivity contribution is -0.302. The van der Waals surface area contributed by atoms with E-state index in [9.17, 15) is 18.3 Å². The van der Waals surface area contributed by atoms with Gasteiger partial charge in [-0.2, -0.15) is 13.2 Å². The van der Waals surface area contributed by atoms with Crippen LogP contribution in [0.4, 0.5) is 13.2 Å². The van der Waals surface area contributed by atoms with Gasteiger partial charge in [-0.1, -0.05) is 72.8 Å². The molecule has 4 heterocycles. The second-order valence-corrected chi connectivity index (χ2v) is 15.1. The van der Waals surface area contributed by atoms with Crippen LogP contribution in [0.5, 0.6) is 0 Å². The lowest BCUT2D eigenvalue weighted by Crippen LogP contribution is -2.68. The van der Waals surface area contributed by atoms with Crippen molar-refractivity contribution in [1.82, 2.24) is 15.0 Å². The molecular formula is C44H48F3N7O8. The van der Waals surface area contributed by atoms with Crippen LogP contribution < -0.4 is 22.9 Å². The number of benzene rings is 3. The van der Waals surface area contributed by atoms with Crippen LogP contribution in [0.2, 0.25) is 0 Å². The molecule has 15 nitrogen and oxygen atoms in total. The average Bonchev–Trinajstić information content (AvgIpc) is 3.26. The van der Waals surface area contributed by atoms with E-state index in [4.69, 9.17) is 71.5 Å². The van der Waals surface area contributed by atoms with E-state index in [0.29, 0.717) is 17.8 Å². The number of rotatable bonds is 12. The Hall–Kier alpha value is -5.25. The number of carbonyl (C=O) groups is 1. The van der Waals surface area contributed by atoms with E-state index in [0.717, 1.165) is 38.4 Å². The Kier molecular flexibility index (Phi) is 14.3. The van der Waals surface area contributed by atoms with Crippen molar-refractivity contribution in [3.8, 4) is 0 Å². The quantitative estimate of drug-likeness (QED) is 0.102. The number of carboxylic acid groups (broad SMARTS) is 1. The van der Waals surface area contributed by atoms with Crippen molar-refractivity contribution in [1.29, 1.82) is 0 Å². The average molecular weight is 860 g/mol. The van der Waals surface area contributed by atoms with Gasteiger partial charge < -0.3 is 56.8 Å². The smallest absolute Gasteiger partial charge is 0.475 e. The molecule has 3 aromatic heterocycles. The van der Waals surface area contributed by atoms with Crippen molar-refractivity contribution in [3.05, 3.63) is 126 Å². The summed E-state index contributed by atoms with van der Waals surface area (Å²) in [5.74, 6) is -2.76. The lowest BCUT2D eigenvalue weighted by Gasteiger charge is -2.48. The number of nitrogens with two attached hydrogens (primary N) is 4. The molecule has 0 radical (unpaired) electrons. The number of aromatic nitrogens is 3. The minimum atomic E-state index is -5.08. The highest BCUT2D eigenvalue weighted by atomic mass is 19.4. The first-order chi connectivity index (χ1) is 29.8. The van der Waals surface area contributed by atoms with Gasteiger partial charge in [0.25, 0.3) is 0 Å². The molecule has 1 aliphatic carbocycles. The number of carboxylic acids is 1. The van der Waals surface area contributed by atoms with Gasteiger partial charge in [-0.05, 0) is 42.8 Å². The van der Waals surface area contributed by atoms with Crippen molar-refractivity contribution >= 4 is 38.7 Å². The normalized spacial score (nSPS) is 26.6. The summed E-state index contributed by atoms with van der Waals surface area (Å²) in [7, 11) is 0. The van der Waals surface area contributed by atoms with Crippen molar-refractivity contribution < 1.29 is 51.9 Å². The highest BCUT2D eigenvalue weighted by molar-refractivity contribution is 5.79. The molecule has 10 atom stereocenters. The van der Waals surface area contributed by atoms with Gasteiger partial charge in [0.15, 0.2) is 6.29 Å². The fraction of sp³-hybridized carbons (Fsp3) is 0.364. The fourth-order valence-corrected chi connectivity index (χ4v) is 7.59. The SMILES string of the molecule is NC[C@H]1O[C@H](O[C@H]2[C@H](O)[C@@H](OCc3ccc4ccccc4n3)[C@H](N)C[C@@H]2N)[C@H](N)[C@@H](OCc2ccc3ccccc3n2)[C@@H]1OCc1ccc2ccccc2n1.O=C(O)C(F)(F)F. The van der Waals surface area contributed by atoms with Crippen molar-refractivity contribution in [2.24, 2.45) is 22.9 Å². The minimum absolute atomic E-state index is 0.0745. The third kappa shape index (κ3) is 10.7. The molecule has 6 aromatic rings. The van der Waals surface area contributed by atoms with Gasteiger partial charge in [0.2, 0.25) is 0 Å². The van der Waals surface area contributed by atoms with Crippen LogP contribution in [0.15, 0.2) is 109 Å². The molecule has 328 valence electrons. The Morgan fingerprint density at radius 3 is 1.48 bits per heavy atom. The molecular weight excluding hydrogens is 812 g/mol. The number of fused-ring (bicyclic) bond motifs is 3. The number of ether oxygens (including phenoxy) is 5. The van der Waals surface area contributed by atoms with E-state index in [-0.39, 0.29) is 26.4 Å². The maximum absolute atomic E-state index is 11.7. The van der Waals surface area contributed by atoms with E-state index >= 15 is 0 Å². The van der Waals surface area contributed by atoms with Crippen LogP contribution in [0.3, 0.4) is 0 Å². The van der Waals surface area contributed by atoms with E-state index < -0.39 is 73.2 Å². The third-order valence-electron chi connectivity index (χ3n) is 10.8. The molecule has 2 aliphatic rings. The highest BCUT2D eigenvalue weighted by Crippen LogP contribution is 2.32. The second kappa shape index (κ2) is 19.9. The van der Waals surface area contributed by atoms with E-state index in [1.165, 1.54) is 0 Å². The molecule has 0 amide bonds. The Morgan fingerprint density at radius 2 is 1.05 bits per heavy atom. The summed E-state index contributed by atoms with van der Waals surface area (Å²) in [5.41, 5.74) is 31.1. The zero-order valence-corrected chi connectivity index (χ0v) is 33.3. The van der Waals surface area contributed by atoms with Gasteiger partial charge in [0.05, 0.1) is 59.5 Å². The summed E-state index contributed by atoms with van der Waals surface area (Å²) in [6.45, 7) is 0.517. The van der Waals surface area contributed by atoms with Gasteiger partial charge in [0.1, 0.15) is 36.6 Å². The molecule has 1 saturated heterocycles. The molecule has 0 unspecified atom stereocenters. The zero-order chi connectivity index (χ0) is 44.0. The number of hydrogen-bond acceptors (Lipinski definition) is 14. The molecule has 3 aromatic carbocycles. The maximum Gasteiger partial charge on any atom is 0.490 e. The Morgan fingerprint density at radius 1 is 0.645 bits per heavy atom. The summed E-state index contributed by atoms with van der Waals surface area (Å²) in [6, 6.07) is 33.3. The molecule has 10 N–H and O–H groups in total. The maximum atomic E-state index is 11.7. The van der Waals surface area contributed by atoms with Gasteiger partial charge in [-0.15, -0.1) is 0 Å². The highest BCUT2D eigenvalue weighted by Gasteiger charge is 2.50. The van der Waals surface area contributed by atoms with Gasteiger partial charge in [-0.3, -0.25) is 15.0 Å². The monoisotopic (exact) mass is 859 g/mol. The molecule has 0 spiro atoms. The first-order valence-corrected chi connectivity index (χ1v) is 19.9. The second-order valence-electron chi connectivity index (χ2n) is 15.1. The summed E-state index contributed by atoms with van der Waals surface area (Å²) in [4.78, 5) is 23.2. The predicted molar refractivity (Wildman–Crippen MR) is 222 cm³/mol. The number of nitrogens with zero attached hydrogens (tertiary/aromatic N) is 3. The van der Waals surface area contributed by atoms with Crippen molar-refractivity contribution in [3.63, 3.8) is 0 Å². The molecule has 2 fully saturated rings. The van der Waals surface area contributed by atoms with Crippen LogP contribution in [-0.4, -0.2) is 105 Å². The van der Waals surface area contributed by atoms with Gasteiger partial charge in [-0.25, -0.2) is 4.79 Å². The minimum Gasteiger partial charge on any atom is -0.475 e. The lowest BCUT2D eigenvalue weighted by atomic mass is 9.84. The van der Waals surface area contributed by atoms with Gasteiger partial charge >= 0.3 is 12.1 Å². The third-order valence-corrected chi connectivity index (χ3v) is 10.8. The van der Waals surface area contributed by atoms with E-state index in [1.807, 2.05) is 109 Å². The number of aliphatic hydroxyl groups is 1. The summed E-state index contributed by atoms with van der Waals surface area (Å²) < 4.78 is 64.0. The topological polar surface area (TPSA) is 246 Å². The molecule has 0 bridgehead atoms. The van der Waals surface area contributed by atoms with Crippen LogP contribution in [0.25, 0.3) is 32.7 Å². The van der Waals surface area contributed by atoms with Crippen LogP contribution in [0, 0.1) is 0 Å². The number of aliphatic carboxylic acids is 1. The van der Waals surface area contributed by atoms with Crippen molar-refractivity contribution in [2.75, 3.05) is 6.54 Å². The van der Waals surface area contributed by atoms with Crippen LogP contribution >= 0.6 is 0 Å². The summed E-state index contributed by atoms with van der Waals surface area (Å²) in [5, 5.41) is 21.9. The predicted octanol–water partition coefficient (Wildman–Crippen LogP) is 3.84. The largest absolute Gasteiger partial charge is 0.490 e. The first-order valence-electron chi connectivity index (χ1n) is 19.9. The Labute approximate surface area is 354 Å². The number of pyridine rings is 3. The van der Waals surface area contributed by atoms with E-state index in [1.54, 1.807) is 0 Å². The van der Waals surface area contributed by atoms with Crippen LogP contribution in [0.1, 0.15) is 23.5 Å². The summed E-state index contributed by atoms with van der Waals surface area (Å²) in [6.07, 6.45) is -10.9. The zero-order valence-electron chi connectivity index (χ0n) is 33.3. The molecule has 1 aliphatic heterocycles. The van der Waals surface area contributed by atoms with Crippen LogP contribution in [-0.2, 0) is 48.3 Å². The number of halogens is 3. The first kappa shape index (κ1) is 44.8. The van der Waals surface area contributed by atoms with Crippen molar-refractivity contribution in [2.45, 2.75) is 93.5 Å². The fourth-order valence-electron chi connectivity index (χ4n) is 7.59. The number of aliphatic hydroxyl groups excluding tert-OH is 1. The van der Waals surface area contributed by atoms with E-state index in [2.05, 4.69) is 0 Å². The summed E-state index contributed by atoms with van der Waals surface area (Å²) >= 11 is 0. The molecule has 18 heteroatoms. The number of para-hydroxylation sites is 3. The molecule has 8 rings (SSSR count). The molecule has 62 heavy (non-hydrogen) atoms. The number of alkyl halides is 3. The molecule has 1 saturated carbocycles. The standard InChI is InChI=1S/C42H47N7O6.C2HF3O2/c43-20-35-40(52-22-28-17-14-25-8-2-5-11-33(25)48-28)41(53-23-29-18-15-26-9-3-6-12-34(26)49-29)36(46)42(54-35)55-39-31(45)19-30(44)38(37(39)50)51-21-27-16-13-24-7-1-4-10-32(24)47-27;3-2(4,5)1(6)7/h1-18,30-31,35-42,50H,19-23,43-46H2;(H,6,7)/t30-,31+,35-,36-,37-,38+,39-,40-,41-,42-;/m1./s1. The Bertz CT molecular complexity index is 2450. The van der Waals surface area contributed by atoms with Gasteiger partial charge in [0, 0.05) is 34.8 Å². The number of hydrogen-bond donors (Lipinski definition) is 6.